The number of esters is 1. The van der Waals surface area contributed by atoms with Crippen LogP contribution < -0.4 is 0 Å². The van der Waals surface area contributed by atoms with Gasteiger partial charge in [0.25, 0.3) is 0 Å². The summed E-state index contributed by atoms with van der Waals surface area (Å²) in [5.74, 6) is 0.396. The van der Waals surface area contributed by atoms with E-state index in [1.54, 1.807) is 6.92 Å². The molecule has 0 fully saturated rings. The largest absolute Gasteiger partial charge is 0.466 e. The van der Waals surface area contributed by atoms with Crippen molar-refractivity contribution >= 4 is 11.8 Å². The first kappa shape index (κ1) is 24.3. The van der Waals surface area contributed by atoms with Gasteiger partial charge in [-0.1, -0.05) is 13.8 Å². The number of ketones is 1. The molecular formula is C11H26O5. The van der Waals surface area contributed by atoms with Crippen LogP contribution in [0.5, 0.6) is 0 Å². The molecule has 3 N–H and O–H groups in total. The van der Waals surface area contributed by atoms with Crippen molar-refractivity contribution in [3.05, 3.63) is 0 Å². The fourth-order valence-corrected chi connectivity index (χ4v) is 0.203. The first-order valence-corrected chi connectivity index (χ1v) is 4.99. The van der Waals surface area contributed by atoms with Crippen LogP contribution in [-0.2, 0) is 14.3 Å². The zero-order valence-corrected chi connectivity index (χ0v) is 11.2. The second-order valence-electron chi connectivity index (χ2n) is 3.41. The van der Waals surface area contributed by atoms with Gasteiger partial charge in [-0.25, -0.2) is 0 Å². The molecule has 0 amide bonds. The molecule has 0 aliphatic rings. The van der Waals surface area contributed by atoms with Crippen LogP contribution in [0.4, 0.5) is 0 Å². The number of carbonyl (C=O) groups excluding carboxylic acids is 2. The van der Waals surface area contributed by atoms with Crippen molar-refractivity contribution in [1.29, 1.82) is 0 Å². The van der Waals surface area contributed by atoms with Gasteiger partial charge in [0.1, 0.15) is 5.78 Å². The van der Waals surface area contributed by atoms with Crippen molar-refractivity contribution in [2.24, 2.45) is 5.92 Å². The van der Waals surface area contributed by atoms with Crippen molar-refractivity contribution in [3.63, 3.8) is 0 Å². The van der Waals surface area contributed by atoms with E-state index in [0.29, 0.717) is 19.1 Å². The third-order valence-corrected chi connectivity index (χ3v) is 0.713. The number of aliphatic hydroxyl groups excluding tert-OH is 1. The van der Waals surface area contributed by atoms with Crippen LogP contribution in [0.1, 0.15) is 41.5 Å². The minimum Gasteiger partial charge on any atom is -0.466 e. The van der Waals surface area contributed by atoms with Crippen LogP contribution in [-0.4, -0.2) is 35.5 Å². The zero-order valence-electron chi connectivity index (χ0n) is 11.2. The Kier molecular flexibility index (Phi) is 29.8. The lowest BCUT2D eigenvalue weighted by Gasteiger charge is -1.90. The molecule has 0 aliphatic heterocycles. The quantitative estimate of drug-likeness (QED) is 0.725. The first-order chi connectivity index (χ1) is 6.77. The van der Waals surface area contributed by atoms with Gasteiger partial charge in [0.15, 0.2) is 0 Å². The molecule has 0 bridgehead atoms. The highest BCUT2D eigenvalue weighted by molar-refractivity contribution is 5.72. The smallest absolute Gasteiger partial charge is 0.302 e. The third kappa shape index (κ3) is 115. The van der Waals surface area contributed by atoms with Crippen LogP contribution in [0.25, 0.3) is 0 Å². The van der Waals surface area contributed by atoms with E-state index in [2.05, 4.69) is 4.74 Å². The van der Waals surface area contributed by atoms with Crippen LogP contribution in [0, 0.1) is 5.92 Å². The predicted molar refractivity (Wildman–Crippen MR) is 64.2 cm³/mol. The molecule has 0 radical (unpaired) electrons. The summed E-state index contributed by atoms with van der Waals surface area (Å²) in [6.07, 6.45) is 0. The van der Waals surface area contributed by atoms with Crippen LogP contribution >= 0.6 is 0 Å². The lowest BCUT2D eigenvalue weighted by molar-refractivity contribution is -0.140. The Labute approximate surface area is 98.1 Å². The molecule has 0 rings (SSSR count). The van der Waals surface area contributed by atoms with E-state index in [0.717, 1.165) is 0 Å². The molecule has 5 nitrogen and oxygen atoms in total. The summed E-state index contributed by atoms with van der Waals surface area (Å²) in [5, 5.41) is 8.14. The molecule has 100 valence electrons. The van der Waals surface area contributed by atoms with Gasteiger partial charge in [-0.2, -0.15) is 0 Å². The molecule has 5 heteroatoms. The Balaban J connectivity index is -0.0000000668. The SMILES string of the molecule is CC(C)=O.CC(C)CO.CCOC(C)=O.O. The van der Waals surface area contributed by atoms with Crippen molar-refractivity contribution in [2.75, 3.05) is 13.2 Å². The standard InChI is InChI=1S/C4H8O2.C4H10O.C3H6O.H2O/c1-3-6-4(2)5;1-4(2)3-5;1-3(2)4;/h3H2,1-2H3;4-5H,3H2,1-2H3;1-2H3;1H2. The van der Waals surface area contributed by atoms with Gasteiger partial charge < -0.3 is 20.1 Å². The van der Waals surface area contributed by atoms with Crippen LogP contribution in [0.2, 0.25) is 0 Å². The van der Waals surface area contributed by atoms with Crippen LogP contribution in [0.15, 0.2) is 0 Å². The summed E-state index contributed by atoms with van der Waals surface area (Å²) in [5.41, 5.74) is 0. The monoisotopic (exact) mass is 238 g/mol. The minimum absolute atomic E-state index is 0. The molecule has 0 aromatic carbocycles. The van der Waals surface area contributed by atoms with E-state index in [-0.39, 0.29) is 17.2 Å². The highest BCUT2D eigenvalue weighted by Gasteiger charge is 1.82. The Morgan fingerprint density at radius 1 is 1.19 bits per heavy atom. The fourth-order valence-electron chi connectivity index (χ4n) is 0.203. The Bertz CT molecular complexity index is 150. The number of rotatable bonds is 2. The van der Waals surface area contributed by atoms with Gasteiger partial charge in [0.2, 0.25) is 0 Å². The highest BCUT2D eigenvalue weighted by atomic mass is 16.5. The number of hydrogen-bond acceptors (Lipinski definition) is 4. The van der Waals surface area contributed by atoms with Gasteiger partial charge in [-0.3, -0.25) is 4.79 Å². The summed E-state index contributed by atoms with van der Waals surface area (Å²) < 4.78 is 4.40. The Hall–Kier alpha value is -0.940. The van der Waals surface area contributed by atoms with Crippen molar-refractivity contribution in [2.45, 2.75) is 41.5 Å². The normalized spacial score (nSPS) is 7.50. The Morgan fingerprint density at radius 2 is 1.44 bits per heavy atom. The van der Waals surface area contributed by atoms with Gasteiger partial charge in [0.05, 0.1) is 6.61 Å². The molecule has 16 heavy (non-hydrogen) atoms. The van der Waals surface area contributed by atoms with E-state index in [1.807, 2.05) is 13.8 Å². The van der Waals surface area contributed by atoms with E-state index >= 15 is 0 Å². The molecule has 0 saturated carbocycles. The minimum atomic E-state index is -0.211. The second kappa shape index (κ2) is 19.6. The van der Waals surface area contributed by atoms with Crippen molar-refractivity contribution < 1.29 is 24.9 Å². The fraction of sp³-hybridized carbons (Fsp3) is 0.818. The summed E-state index contributed by atoms with van der Waals surface area (Å²) in [6.45, 7) is 11.0. The first-order valence-electron chi connectivity index (χ1n) is 4.99. The molecule has 0 aromatic heterocycles. The molecule has 0 spiro atoms. The number of ether oxygens (including phenoxy) is 1. The van der Waals surface area contributed by atoms with Crippen LogP contribution in [0.3, 0.4) is 0 Å². The number of carbonyl (C=O) groups is 2. The maximum Gasteiger partial charge on any atom is 0.302 e. The maximum absolute atomic E-state index is 9.82. The molecule has 0 atom stereocenters. The number of hydrogen-bond donors (Lipinski definition) is 1. The lowest BCUT2D eigenvalue weighted by atomic mass is 10.2. The highest BCUT2D eigenvalue weighted by Crippen LogP contribution is 1.83. The third-order valence-electron chi connectivity index (χ3n) is 0.713. The second-order valence-corrected chi connectivity index (χ2v) is 3.41. The summed E-state index contributed by atoms with van der Waals surface area (Å²) in [6, 6.07) is 0. The molecule has 0 aromatic rings. The van der Waals surface area contributed by atoms with E-state index in [1.165, 1.54) is 20.8 Å². The topological polar surface area (TPSA) is 95.1 Å². The van der Waals surface area contributed by atoms with Gasteiger partial charge in [-0.15, -0.1) is 0 Å². The molecule has 0 heterocycles. The molecule has 0 saturated heterocycles. The van der Waals surface area contributed by atoms with Crippen molar-refractivity contribution in [3.8, 4) is 0 Å². The van der Waals surface area contributed by atoms with Gasteiger partial charge in [0, 0.05) is 13.5 Å². The zero-order chi connectivity index (χ0) is 12.9. The molecular weight excluding hydrogens is 212 g/mol. The van der Waals surface area contributed by atoms with E-state index in [4.69, 9.17) is 5.11 Å². The van der Waals surface area contributed by atoms with E-state index < -0.39 is 0 Å². The number of aliphatic hydroxyl groups is 1. The van der Waals surface area contributed by atoms with Gasteiger partial charge in [-0.05, 0) is 26.7 Å². The summed E-state index contributed by atoms with van der Waals surface area (Å²) in [7, 11) is 0. The van der Waals surface area contributed by atoms with Crippen molar-refractivity contribution in [1.82, 2.24) is 0 Å². The average Bonchev–Trinajstić information content (AvgIpc) is 2.03. The summed E-state index contributed by atoms with van der Waals surface area (Å²) in [4.78, 5) is 19.3. The Morgan fingerprint density at radius 3 is 1.44 bits per heavy atom. The molecule has 0 unspecified atom stereocenters. The molecule has 0 aliphatic carbocycles. The lowest BCUT2D eigenvalue weighted by Crippen LogP contribution is -1.95. The number of Topliss-reactive ketones (excluding diaryl/α,β-unsaturated/α-hetero) is 1. The van der Waals surface area contributed by atoms with E-state index in [9.17, 15) is 9.59 Å². The summed E-state index contributed by atoms with van der Waals surface area (Å²) >= 11 is 0. The van der Waals surface area contributed by atoms with Gasteiger partial charge >= 0.3 is 5.97 Å². The average molecular weight is 238 g/mol. The maximum atomic E-state index is 9.82. The predicted octanol–water partition coefficient (Wildman–Crippen LogP) is 0.975.